The number of morpholine rings is 1. The van der Waals surface area contributed by atoms with E-state index in [2.05, 4.69) is 29.7 Å². The molecule has 0 saturated carbocycles. The van der Waals surface area contributed by atoms with Crippen molar-refractivity contribution in [2.45, 2.75) is 25.9 Å². The van der Waals surface area contributed by atoms with Gasteiger partial charge in [-0.2, -0.15) is 0 Å². The summed E-state index contributed by atoms with van der Waals surface area (Å²) in [6.45, 7) is 5.13. The van der Waals surface area contributed by atoms with E-state index in [0.29, 0.717) is 19.6 Å². The van der Waals surface area contributed by atoms with Crippen molar-refractivity contribution in [2.75, 3.05) is 26.2 Å². The molecule has 0 radical (unpaired) electrons. The Bertz CT molecular complexity index is 420. The summed E-state index contributed by atoms with van der Waals surface area (Å²) in [5.74, 6) is 0.0716. The molecule has 1 atom stereocenters. The molecule has 1 aromatic carbocycles. The number of ether oxygens (including phenoxy) is 1. The fourth-order valence-electron chi connectivity index (χ4n) is 2.26. The van der Waals surface area contributed by atoms with Gasteiger partial charge in [-0.15, -0.1) is 12.4 Å². The Morgan fingerprint density at radius 3 is 2.95 bits per heavy atom. The molecular formula is C15H23ClN2O2. The van der Waals surface area contributed by atoms with E-state index in [1.165, 1.54) is 11.1 Å². The van der Waals surface area contributed by atoms with E-state index in [1.807, 2.05) is 12.1 Å². The summed E-state index contributed by atoms with van der Waals surface area (Å²) in [6, 6.07) is 8.27. The minimum Gasteiger partial charge on any atom is -0.375 e. The summed E-state index contributed by atoms with van der Waals surface area (Å²) in [4.78, 5) is 11.8. The summed E-state index contributed by atoms with van der Waals surface area (Å²) in [5.41, 5.74) is 2.56. The second kappa shape index (κ2) is 8.95. The minimum atomic E-state index is 0. The van der Waals surface area contributed by atoms with E-state index in [4.69, 9.17) is 4.74 Å². The third kappa shape index (κ3) is 5.49. The van der Waals surface area contributed by atoms with E-state index >= 15 is 0 Å². The monoisotopic (exact) mass is 298 g/mol. The lowest BCUT2D eigenvalue weighted by atomic mass is 10.1. The first kappa shape index (κ1) is 17.0. The Morgan fingerprint density at radius 1 is 1.45 bits per heavy atom. The Kier molecular flexibility index (Phi) is 7.59. The van der Waals surface area contributed by atoms with E-state index in [-0.39, 0.29) is 24.4 Å². The molecule has 4 nitrogen and oxygen atoms in total. The number of nitrogens with one attached hydrogen (secondary N) is 2. The molecule has 0 bridgehead atoms. The molecule has 20 heavy (non-hydrogen) atoms. The highest BCUT2D eigenvalue weighted by Crippen LogP contribution is 2.07. The van der Waals surface area contributed by atoms with Crippen LogP contribution in [0.1, 0.15) is 17.5 Å². The first-order valence-electron chi connectivity index (χ1n) is 6.89. The van der Waals surface area contributed by atoms with Crippen LogP contribution in [0.2, 0.25) is 0 Å². The maximum atomic E-state index is 11.8. The van der Waals surface area contributed by atoms with Gasteiger partial charge in [0.05, 0.1) is 19.1 Å². The third-order valence-corrected chi connectivity index (χ3v) is 3.40. The molecule has 0 aliphatic carbocycles. The average molecular weight is 299 g/mol. The lowest BCUT2D eigenvalue weighted by Gasteiger charge is -2.23. The lowest BCUT2D eigenvalue weighted by Crippen LogP contribution is -2.41. The Balaban J connectivity index is 0.00000200. The molecule has 2 rings (SSSR count). The number of halogens is 1. The second-order valence-corrected chi connectivity index (χ2v) is 4.93. The molecule has 112 valence electrons. The highest BCUT2D eigenvalue weighted by molar-refractivity contribution is 5.85. The van der Waals surface area contributed by atoms with Crippen molar-refractivity contribution < 1.29 is 9.53 Å². The fourth-order valence-corrected chi connectivity index (χ4v) is 2.26. The van der Waals surface area contributed by atoms with Crippen LogP contribution in [0.4, 0.5) is 0 Å². The summed E-state index contributed by atoms with van der Waals surface area (Å²) in [6.07, 6.45) is 1.34. The van der Waals surface area contributed by atoms with E-state index in [0.717, 1.165) is 19.5 Å². The van der Waals surface area contributed by atoms with Gasteiger partial charge in [-0.1, -0.05) is 24.3 Å². The van der Waals surface area contributed by atoms with Gasteiger partial charge in [0.1, 0.15) is 0 Å². The molecule has 1 unspecified atom stereocenters. The zero-order valence-corrected chi connectivity index (χ0v) is 12.7. The summed E-state index contributed by atoms with van der Waals surface area (Å²) >= 11 is 0. The van der Waals surface area contributed by atoms with Crippen LogP contribution in [-0.4, -0.2) is 38.3 Å². The highest BCUT2D eigenvalue weighted by Gasteiger charge is 2.16. The number of hydrogen-bond donors (Lipinski definition) is 2. The molecule has 5 heteroatoms. The number of amides is 1. The maximum absolute atomic E-state index is 11.8. The molecule has 0 aromatic heterocycles. The summed E-state index contributed by atoms with van der Waals surface area (Å²) in [5, 5.41) is 6.18. The van der Waals surface area contributed by atoms with Crippen LogP contribution < -0.4 is 10.6 Å². The smallest absolute Gasteiger partial charge is 0.222 e. The zero-order valence-electron chi connectivity index (χ0n) is 11.9. The quantitative estimate of drug-likeness (QED) is 0.865. The predicted octanol–water partition coefficient (Wildman–Crippen LogP) is 1.45. The van der Waals surface area contributed by atoms with Gasteiger partial charge in [0, 0.05) is 19.6 Å². The molecule has 1 amide bonds. The molecule has 1 aliphatic rings. The van der Waals surface area contributed by atoms with Crippen LogP contribution in [0.15, 0.2) is 24.3 Å². The number of rotatable bonds is 5. The number of carbonyl (C=O) groups excluding carboxylic acids is 1. The van der Waals surface area contributed by atoms with Crippen molar-refractivity contribution in [3.63, 3.8) is 0 Å². The average Bonchev–Trinajstić information content (AvgIpc) is 2.42. The number of carbonyl (C=O) groups is 1. The van der Waals surface area contributed by atoms with Gasteiger partial charge in [0.25, 0.3) is 0 Å². The van der Waals surface area contributed by atoms with Crippen LogP contribution in [0.3, 0.4) is 0 Å². The molecular weight excluding hydrogens is 276 g/mol. The second-order valence-electron chi connectivity index (χ2n) is 4.93. The summed E-state index contributed by atoms with van der Waals surface area (Å²) in [7, 11) is 0. The Labute approximate surface area is 126 Å². The highest BCUT2D eigenvalue weighted by atomic mass is 35.5. The first-order valence-corrected chi connectivity index (χ1v) is 6.89. The van der Waals surface area contributed by atoms with Gasteiger partial charge in [-0.05, 0) is 24.5 Å². The van der Waals surface area contributed by atoms with Gasteiger partial charge in [0.15, 0.2) is 0 Å². The number of aryl methyl sites for hydroxylation is 1. The van der Waals surface area contributed by atoms with Crippen LogP contribution in [-0.2, 0) is 16.0 Å². The molecule has 1 aliphatic heterocycles. The van der Waals surface area contributed by atoms with Crippen molar-refractivity contribution in [3.05, 3.63) is 35.4 Å². The Hall–Kier alpha value is -1.10. The number of benzene rings is 1. The molecule has 1 saturated heterocycles. The van der Waals surface area contributed by atoms with Crippen molar-refractivity contribution in [2.24, 2.45) is 0 Å². The minimum absolute atomic E-state index is 0. The molecule has 2 N–H and O–H groups in total. The van der Waals surface area contributed by atoms with Crippen molar-refractivity contribution in [1.82, 2.24) is 10.6 Å². The predicted molar refractivity (Wildman–Crippen MR) is 82.4 cm³/mol. The van der Waals surface area contributed by atoms with Crippen LogP contribution in [0.25, 0.3) is 0 Å². The standard InChI is InChI=1S/C15H22N2O2.ClH/c1-12-4-2-3-5-13(12)6-7-17-15(18)10-14-11-16-8-9-19-14;/h2-5,14,16H,6-11H2,1H3,(H,17,18);1H. The van der Waals surface area contributed by atoms with Gasteiger partial charge in [-0.3, -0.25) is 4.79 Å². The van der Waals surface area contributed by atoms with Gasteiger partial charge < -0.3 is 15.4 Å². The van der Waals surface area contributed by atoms with Crippen molar-refractivity contribution in [1.29, 1.82) is 0 Å². The van der Waals surface area contributed by atoms with Crippen molar-refractivity contribution in [3.8, 4) is 0 Å². The van der Waals surface area contributed by atoms with Crippen LogP contribution in [0, 0.1) is 6.92 Å². The van der Waals surface area contributed by atoms with Gasteiger partial charge in [-0.25, -0.2) is 0 Å². The first-order chi connectivity index (χ1) is 9.25. The van der Waals surface area contributed by atoms with Crippen LogP contribution in [0.5, 0.6) is 0 Å². The maximum Gasteiger partial charge on any atom is 0.222 e. The Morgan fingerprint density at radius 2 is 2.25 bits per heavy atom. The van der Waals surface area contributed by atoms with E-state index in [9.17, 15) is 4.79 Å². The largest absolute Gasteiger partial charge is 0.375 e. The topological polar surface area (TPSA) is 50.4 Å². The third-order valence-electron chi connectivity index (χ3n) is 3.40. The van der Waals surface area contributed by atoms with E-state index < -0.39 is 0 Å². The lowest BCUT2D eigenvalue weighted by molar-refractivity contribution is -0.124. The molecule has 1 heterocycles. The van der Waals surface area contributed by atoms with E-state index in [1.54, 1.807) is 0 Å². The SMILES string of the molecule is Cc1ccccc1CCNC(=O)CC1CNCCO1.Cl. The normalized spacial score (nSPS) is 18.1. The van der Waals surface area contributed by atoms with Crippen molar-refractivity contribution >= 4 is 18.3 Å². The van der Waals surface area contributed by atoms with Gasteiger partial charge >= 0.3 is 0 Å². The fraction of sp³-hybridized carbons (Fsp3) is 0.533. The number of hydrogen-bond acceptors (Lipinski definition) is 3. The van der Waals surface area contributed by atoms with Gasteiger partial charge in [0.2, 0.25) is 5.91 Å². The summed E-state index contributed by atoms with van der Waals surface area (Å²) < 4.78 is 5.51. The molecule has 0 spiro atoms. The zero-order chi connectivity index (χ0) is 13.5. The molecule has 1 fully saturated rings. The molecule has 1 aromatic rings. The van der Waals surface area contributed by atoms with Crippen LogP contribution >= 0.6 is 12.4 Å².